The largest absolute Gasteiger partial charge is 0.361 e. The minimum Gasteiger partial charge on any atom is -0.361 e. The summed E-state index contributed by atoms with van der Waals surface area (Å²) >= 11 is 7.72. The van der Waals surface area contributed by atoms with Crippen LogP contribution in [0.1, 0.15) is 18.9 Å². The van der Waals surface area contributed by atoms with Crippen LogP contribution in [0, 0.1) is 0 Å². The maximum atomic E-state index is 5.92. The van der Waals surface area contributed by atoms with E-state index in [2.05, 4.69) is 17.2 Å². The van der Waals surface area contributed by atoms with Crippen LogP contribution >= 0.6 is 23.4 Å². The first-order chi connectivity index (χ1) is 7.78. The molecule has 0 bridgehead atoms. The predicted molar refractivity (Wildman–Crippen MR) is 72.3 cm³/mol. The lowest BCUT2D eigenvalue weighted by molar-refractivity contribution is 0.667. The Balaban J connectivity index is 1.94. The molecule has 0 aromatic heterocycles. The second kappa shape index (κ2) is 5.60. The fourth-order valence-corrected chi connectivity index (χ4v) is 2.84. The molecule has 1 N–H and O–H groups in total. The molecule has 0 radical (unpaired) electrons. The summed E-state index contributed by atoms with van der Waals surface area (Å²) in [6.07, 6.45) is 1.16. The molecule has 1 atom stereocenters. The van der Waals surface area contributed by atoms with Crippen molar-refractivity contribution in [2.45, 2.75) is 25.9 Å². The van der Waals surface area contributed by atoms with Gasteiger partial charge in [-0.05, 0) is 24.1 Å². The van der Waals surface area contributed by atoms with Gasteiger partial charge < -0.3 is 5.32 Å². The zero-order valence-electron chi connectivity index (χ0n) is 9.24. The lowest BCUT2D eigenvalue weighted by Crippen LogP contribution is -2.25. The van der Waals surface area contributed by atoms with Crippen molar-refractivity contribution in [3.05, 3.63) is 34.9 Å². The van der Waals surface area contributed by atoms with E-state index < -0.39 is 0 Å². The van der Waals surface area contributed by atoms with E-state index in [1.807, 2.05) is 24.3 Å². The number of thioether (sulfide) groups is 1. The fourth-order valence-electron chi connectivity index (χ4n) is 1.55. The molecule has 1 heterocycles. The SMILES string of the molecule is CCC1CSC(=NCc2cccc(Cl)c2)N1. The van der Waals surface area contributed by atoms with Gasteiger partial charge in [0, 0.05) is 16.8 Å². The highest BCUT2D eigenvalue weighted by atomic mass is 35.5. The van der Waals surface area contributed by atoms with Crippen molar-refractivity contribution in [1.29, 1.82) is 0 Å². The fraction of sp³-hybridized carbons (Fsp3) is 0.417. The molecule has 1 aromatic carbocycles. The van der Waals surface area contributed by atoms with Gasteiger partial charge in [-0.3, -0.25) is 4.99 Å². The minimum absolute atomic E-state index is 0.586. The van der Waals surface area contributed by atoms with Gasteiger partial charge >= 0.3 is 0 Å². The summed E-state index contributed by atoms with van der Waals surface area (Å²) in [5, 5.41) is 5.24. The van der Waals surface area contributed by atoms with Crippen LogP contribution in [-0.4, -0.2) is 17.0 Å². The van der Waals surface area contributed by atoms with Crippen LogP contribution in [0.3, 0.4) is 0 Å². The number of rotatable bonds is 3. The van der Waals surface area contributed by atoms with E-state index in [0.29, 0.717) is 12.6 Å². The number of nitrogens with zero attached hydrogens (tertiary/aromatic N) is 1. The Morgan fingerprint density at radius 2 is 2.44 bits per heavy atom. The molecule has 1 aromatic rings. The molecule has 1 unspecified atom stereocenters. The lowest BCUT2D eigenvalue weighted by atomic mass is 10.2. The predicted octanol–water partition coefficient (Wildman–Crippen LogP) is 3.31. The van der Waals surface area contributed by atoms with E-state index >= 15 is 0 Å². The summed E-state index contributed by atoms with van der Waals surface area (Å²) in [6, 6.07) is 8.44. The molecular formula is C12H15ClN2S. The van der Waals surface area contributed by atoms with Crippen LogP contribution in [0.4, 0.5) is 0 Å². The van der Waals surface area contributed by atoms with Gasteiger partial charge in [-0.2, -0.15) is 0 Å². The monoisotopic (exact) mass is 254 g/mol. The highest BCUT2D eigenvalue weighted by Gasteiger charge is 2.17. The van der Waals surface area contributed by atoms with Gasteiger partial charge in [0.1, 0.15) is 0 Å². The maximum Gasteiger partial charge on any atom is 0.157 e. The second-order valence-electron chi connectivity index (χ2n) is 3.81. The zero-order chi connectivity index (χ0) is 11.4. The van der Waals surface area contributed by atoms with Gasteiger partial charge in [-0.1, -0.05) is 42.4 Å². The Hall–Kier alpha value is -0.670. The first-order valence-corrected chi connectivity index (χ1v) is 6.82. The van der Waals surface area contributed by atoms with E-state index in [1.165, 1.54) is 0 Å². The number of hydrogen-bond donors (Lipinski definition) is 1. The normalized spacial score (nSPS) is 22.4. The Bertz CT molecular complexity index is 392. The molecule has 1 aliphatic heterocycles. The number of benzene rings is 1. The molecule has 2 nitrogen and oxygen atoms in total. The molecule has 4 heteroatoms. The first kappa shape index (κ1) is 11.8. The minimum atomic E-state index is 0.586. The summed E-state index contributed by atoms with van der Waals surface area (Å²) in [5.41, 5.74) is 1.15. The number of halogens is 1. The van der Waals surface area contributed by atoms with E-state index in [9.17, 15) is 0 Å². The third-order valence-electron chi connectivity index (χ3n) is 2.54. The maximum absolute atomic E-state index is 5.92. The van der Waals surface area contributed by atoms with Crippen LogP contribution in [0.25, 0.3) is 0 Å². The number of aliphatic imine (C=N–C) groups is 1. The summed E-state index contributed by atoms with van der Waals surface area (Å²) in [5.74, 6) is 1.13. The van der Waals surface area contributed by atoms with Crippen LogP contribution < -0.4 is 5.32 Å². The van der Waals surface area contributed by atoms with Crippen molar-refractivity contribution in [1.82, 2.24) is 5.32 Å². The topological polar surface area (TPSA) is 24.4 Å². The lowest BCUT2D eigenvalue weighted by Gasteiger charge is -2.04. The molecule has 0 spiro atoms. The molecule has 0 saturated carbocycles. The third-order valence-corrected chi connectivity index (χ3v) is 3.86. The summed E-state index contributed by atoms with van der Waals surface area (Å²) in [4.78, 5) is 4.54. The van der Waals surface area contributed by atoms with Crippen molar-refractivity contribution in [2.24, 2.45) is 4.99 Å². The zero-order valence-corrected chi connectivity index (χ0v) is 10.8. The second-order valence-corrected chi connectivity index (χ2v) is 5.26. The van der Waals surface area contributed by atoms with Gasteiger partial charge in [0.2, 0.25) is 0 Å². The van der Waals surface area contributed by atoms with Crippen molar-refractivity contribution < 1.29 is 0 Å². The van der Waals surface area contributed by atoms with Crippen LogP contribution in [0.2, 0.25) is 5.02 Å². The average Bonchev–Trinajstić information content (AvgIpc) is 2.74. The van der Waals surface area contributed by atoms with Crippen molar-refractivity contribution in [3.63, 3.8) is 0 Å². The van der Waals surface area contributed by atoms with Gasteiger partial charge in [-0.25, -0.2) is 0 Å². The van der Waals surface area contributed by atoms with Crippen molar-refractivity contribution in [3.8, 4) is 0 Å². The average molecular weight is 255 g/mol. The highest BCUT2D eigenvalue weighted by Crippen LogP contribution is 2.17. The first-order valence-electron chi connectivity index (χ1n) is 5.46. The number of hydrogen-bond acceptors (Lipinski definition) is 2. The van der Waals surface area contributed by atoms with Crippen molar-refractivity contribution in [2.75, 3.05) is 5.75 Å². The van der Waals surface area contributed by atoms with E-state index in [4.69, 9.17) is 11.6 Å². The summed E-state index contributed by atoms with van der Waals surface area (Å²) in [7, 11) is 0. The van der Waals surface area contributed by atoms with Gasteiger partial charge in [0.25, 0.3) is 0 Å². The molecule has 16 heavy (non-hydrogen) atoms. The highest BCUT2D eigenvalue weighted by molar-refractivity contribution is 8.14. The van der Waals surface area contributed by atoms with E-state index in [1.54, 1.807) is 11.8 Å². The molecule has 2 rings (SSSR count). The van der Waals surface area contributed by atoms with Gasteiger partial charge in [0.15, 0.2) is 5.17 Å². The molecule has 0 amide bonds. The Morgan fingerprint density at radius 1 is 1.56 bits per heavy atom. The third kappa shape index (κ3) is 3.16. The smallest absolute Gasteiger partial charge is 0.157 e. The van der Waals surface area contributed by atoms with Crippen LogP contribution in [0.15, 0.2) is 29.3 Å². The molecular weight excluding hydrogens is 240 g/mol. The molecule has 1 aliphatic rings. The van der Waals surface area contributed by atoms with Gasteiger partial charge in [-0.15, -0.1) is 0 Å². The quantitative estimate of drug-likeness (QED) is 0.895. The summed E-state index contributed by atoms with van der Waals surface area (Å²) in [6.45, 7) is 2.89. The molecule has 86 valence electrons. The molecule has 1 fully saturated rings. The van der Waals surface area contributed by atoms with Crippen LogP contribution in [-0.2, 0) is 6.54 Å². The van der Waals surface area contributed by atoms with Gasteiger partial charge in [0.05, 0.1) is 6.54 Å². The number of amidine groups is 1. The Labute approximate surface area is 105 Å². The number of nitrogens with one attached hydrogen (secondary N) is 1. The summed E-state index contributed by atoms with van der Waals surface area (Å²) < 4.78 is 0. The molecule has 0 aliphatic carbocycles. The standard InChI is InChI=1S/C12H15ClN2S/c1-2-11-8-16-12(15-11)14-7-9-4-3-5-10(13)6-9/h3-6,11H,2,7-8H2,1H3,(H,14,15). The molecule has 1 saturated heterocycles. The van der Waals surface area contributed by atoms with Crippen molar-refractivity contribution >= 4 is 28.5 Å². The van der Waals surface area contributed by atoms with Crippen LogP contribution in [0.5, 0.6) is 0 Å². The Kier molecular flexibility index (Phi) is 4.13. The van der Waals surface area contributed by atoms with E-state index in [0.717, 1.165) is 27.9 Å². The Morgan fingerprint density at radius 3 is 3.12 bits per heavy atom. The van der Waals surface area contributed by atoms with E-state index in [-0.39, 0.29) is 0 Å².